The van der Waals surface area contributed by atoms with Gasteiger partial charge in [0.1, 0.15) is 12.3 Å². The summed E-state index contributed by atoms with van der Waals surface area (Å²) in [6.07, 6.45) is 16.6. The van der Waals surface area contributed by atoms with E-state index in [4.69, 9.17) is 4.74 Å². The molecule has 0 saturated carbocycles. The van der Waals surface area contributed by atoms with E-state index in [0.717, 1.165) is 19.4 Å². The Morgan fingerprint density at radius 1 is 0.643 bits per heavy atom. The van der Waals surface area contributed by atoms with E-state index in [-0.39, 0.29) is 11.5 Å². The van der Waals surface area contributed by atoms with Gasteiger partial charge in [-0.15, -0.1) is 0 Å². The number of rotatable bonds is 18. The summed E-state index contributed by atoms with van der Waals surface area (Å²) in [5, 5.41) is 10.9. The second-order valence-electron chi connectivity index (χ2n) is 10.7. The van der Waals surface area contributed by atoms with E-state index in [9.17, 15) is 14.9 Å². The van der Waals surface area contributed by atoms with Gasteiger partial charge >= 0.3 is 0 Å². The van der Waals surface area contributed by atoms with Gasteiger partial charge in [0.15, 0.2) is 18.2 Å². The number of benzene rings is 3. The van der Waals surface area contributed by atoms with E-state index in [0.29, 0.717) is 23.5 Å². The highest BCUT2D eigenvalue weighted by molar-refractivity contribution is 6.10. The number of nitro benzene ring substituents is 1. The molecule has 4 rings (SSSR count). The number of carbonyl (C=O) groups excluding carboxylic acids is 1. The van der Waals surface area contributed by atoms with Crippen LogP contribution in [0.2, 0.25) is 0 Å². The summed E-state index contributed by atoms with van der Waals surface area (Å²) in [6.45, 7) is 1.64. The maximum absolute atomic E-state index is 12.9. The summed E-state index contributed by atoms with van der Waals surface area (Å²) in [6, 6.07) is 27.8. The smallest absolute Gasteiger partial charge is 0.269 e. The predicted octanol–water partition coefficient (Wildman–Crippen LogP) is 8.76. The van der Waals surface area contributed by atoms with Crippen LogP contribution in [-0.2, 0) is 6.54 Å². The van der Waals surface area contributed by atoms with Crippen molar-refractivity contribution in [3.63, 3.8) is 0 Å². The number of hydrogen-bond acceptors (Lipinski definition) is 4. The molecule has 218 valence electrons. The van der Waals surface area contributed by atoms with E-state index < -0.39 is 4.92 Å². The van der Waals surface area contributed by atoms with Gasteiger partial charge in [0, 0.05) is 36.2 Å². The Kier molecular flexibility index (Phi) is 12.3. The maximum atomic E-state index is 12.9. The topological polar surface area (TPSA) is 73.3 Å². The molecule has 0 saturated heterocycles. The van der Waals surface area contributed by atoms with E-state index in [1.807, 2.05) is 12.1 Å². The Labute approximate surface area is 249 Å². The number of nitrogens with zero attached hydrogens (tertiary/aromatic N) is 2. The minimum atomic E-state index is -0.472. The second kappa shape index (κ2) is 16.8. The van der Waals surface area contributed by atoms with Crippen molar-refractivity contribution < 1.29 is 19.0 Å². The summed E-state index contributed by atoms with van der Waals surface area (Å²) < 4.78 is 8.23. The number of nitro groups is 1. The summed E-state index contributed by atoms with van der Waals surface area (Å²) in [5.74, 6) is 0.361. The van der Waals surface area contributed by atoms with Gasteiger partial charge in [0.05, 0.1) is 17.1 Å². The monoisotopic (exact) mass is 565 g/mol. The third-order valence-electron chi connectivity index (χ3n) is 7.54. The number of aryl methyl sites for hydroxylation is 1. The van der Waals surface area contributed by atoms with Crippen LogP contribution in [0.3, 0.4) is 0 Å². The molecule has 0 amide bonds. The third kappa shape index (κ3) is 9.65. The molecule has 6 heteroatoms. The van der Waals surface area contributed by atoms with Crippen molar-refractivity contribution in [3.8, 4) is 16.9 Å². The number of aromatic nitrogens is 1. The molecule has 0 unspecified atom stereocenters. The van der Waals surface area contributed by atoms with Crippen LogP contribution < -0.4 is 9.30 Å². The largest absolute Gasteiger partial charge is 0.493 e. The molecule has 1 heterocycles. The average molecular weight is 566 g/mol. The van der Waals surface area contributed by atoms with Gasteiger partial charge in [-0.25, -0.2) is 4.57 Å². The highest BCUT2D eigenvalue weighted by atomic mass is 16.6. The van der Waals surface area contributed by atoms with Crippen molar-refractivity contribution >= 4 is 11.5 Å². The Morgan fingerprint density at radius 3 is 1.83 bits per heavy atom. The molecule has 0 bridgehead atoms. The Hall–Kier alpha value is -4.32. The van der Waals surface area contributed by atoms with E-state index in [1.54, 1.807) is 18.2 Å². The Bertz CT molecular complexity index is 1390. The third-order valence-corrected chi connectivity index (χ3v) is 7.54. The van der Waals surface area contributed by atoms with Gasteiger partial charge in [-0.3, -0.25) is 14.9 Å². The van der Waals surface area contributed by atoms with Crippen LogP contribution in [0, 0.1) is 10.1 Å². The minimum Gasteiger partial charge on any atom is -0.493 e. The van der Waals surface area contributed by atoms with Gasteiger partial charge in [-0.2, -0.15) is 0 Å². The summed E-state index contributed by atoms with van der Waals surface area (Å²) in [5.41, 5.74) is 3.37. The number of pyridine rings is 1. The number of ketones is 1. The first-order valence-corrected chi connectivity index (χ1v) is 15.2. The highest BCUT2D eigenvalue weighted by Crippen LogP contribution is 2.23. The molecule has 3 aromatic carbocycles. The fraction of sp³-hybridized carbons (Fsp3) is 0.333. The summed E-state index contributed by atoms with van der Waals surface area (Å²) >= 11 is 0. The number of carbonyl (C=O) groups is 1. The first-order valence-electron chi connectivity index (χ1n) is 15.2. The van der Waals surface area contributed by atoms with Crippen molar-refractivity contribution in [1.82, 2.24) is 0 Å². The molecule has 0 aliphatic carbocycles. The van der Waals surface area contributed by atoms with Crippen molar-refractivity contribution in [1.29, 1.82) is 0 Å². The van der Waals surface area contributed by atoms with E-state index >= 15 is 0 Å². The van der Waals surface area contributed by atoms with Gasteiger partial charge in [0.25, 0.3) is 5.69 Å². The van der Waals surface area contributed by atoms with Crippen LogP contribution in [0.25, 0.3) is 11.1 Å². The van der Waals surface area contributed by atoms with Crippen LogP contribution in [0.15, 0.2) is 103 Å². The lowest BCUT2D eigenvalue weighted by molar-refractivity contribution is -0.697. The van der Waals surface area contributed by atoms with E-state index in [2.05, 4.69) is 53.4 Å². The zero-order chi connectivity index (χ0) is 29.4. The lowest BCUT2D eigenvalue weighted by Gasteiger charge is -2.11. The molecule has 0 aliphatic rings. The van der Waals surface area contributed by atoms with Gasteiger partial charge in [-0.1, -0.05) is 87.4 Å². The maximum Gasteiger partial charge on any atom is 0.269 e. The molecule has 4 aromatic rings. The molecule has 1 aromatic heterocycles. The molecule has 42 heavy (non-hydrogen) atoms. The van der Waals surface area contributed by atoms with Crippen molar-refractivity contribution in [2.24, 2.45) is 0 Å². The van der Waals surface area contributed by atoms with Crippen molar-refractivity contribution in [2.45, 2.75) is 70.8 Å². The molecule has 0 radical (unpaired) electrons. The van der Waals surface area contributed by atoms with Crippen LogP contribution in [0.1, 0.15) is 80.1 Å². The molecule has 0 fully saturated rings. The molecule has 0 N–H and O–H groups in total. The molecular weight excluding hydrogens is 524 g/mol. The zero-order valence-electron chi connectivity index (χ0n) is 24.3. The molecule has 0 spiro atoms. The van der Waals surface area contributed by atoms with Gasteiger partial charge in [0.2, 0.25) is 0 Å². The van der Waals surface area contributed by atoms with Crippen LogP contribution in [0.5, 0.6) is 5.75 Å². The standard InChI is InChI=1S/C36H41N2O4/c39-36(32-20-22-33(23-21-32)38(40)41)34-18-12-13-19-35(34)42-29-15-8-6-4-2-1-3-5-7-14-26-37-27-24-31(25-28-37)30-16-10-9-11-17-30/h9-13,16-25,27-28H,1-8,14-15,26,29H2/q+1. The lowest BCUT2D eigenvalue weighted by atomic mass is 10.0. The number of non-ortho nitro benzene ring substituents is 1. The van der Waals surface area contributed by atoms with E-state index in [1.165, 1.54) is 86.8 Å². The summed E-state index contributed by atoms with van der Waals surface area (Å²) in [4.78, 5) is 23.3. The normalized spacial score (nSPS) is 10.9. The quantitative estimate of drug-likeness (QED) is 0.0397. The Morgan fingerprint density at radius 2 is 1.19 bits per heavy atom. The van der Waals surface area contributed by atoms with Crippen molar-refractivity contribution in [3.05, 3.63) is 125 Å². The Balaban J connectivity index is 1.02. The van der Waals surface area contributed by atoms with Gasteiger partial charge in [-0.05, 0) is 48.2 Å². The summed E-state index contributed by atoms with van der Waals surface area (Å²) in [7, 11) is 0. The minimum absolute atomic E-state index is 0.0350. The lowest BCUT2D eigenvalue weighted by Crippen LogP contribution is -2.32. The zero-order valence-corrected chi connectivity index (χ0v) is 24.3. The molecule has 0 atom stereocenters. The van der Waals surface area contributed by atoms with Crippen LogP contribution >= 0.6 is 0 Å². The van der Waals surface area contributed by atoms with Crippen LogP contribution in [0.4, 0.5) is 5.69 Å². The van der Waals surface area contributed by atoms with Crippen LogP contribution in [-0.4, -0.2) is 17.3 Å². The SMILES string of the molecule is O=C(c1ccc([N+](=O)[O-])cc1)c1ccccc1OCCCCCCCCCCCC[n+]1ccc(-c2ccccc2)cc1. The fourth-order valence-electron chi connectivity index (χ4n) is 5.09. The molecule has 6 nitrogen and oxygen atoms in total. The predicted molar refractivity (Wildman–Crippen MR) is 167 cm³/mol. The number of hydrogen-bond donors (Lipinski definition) is 0. The number of para-hydroxylation sites is 1. The highest BCUT2D eigenvalue weighted by Gasteiger charge is 2.16. The molecule has 0 aliphatic heterocycles. The number of ether oxygens (including phenoxy) is 1. The average Bonchev–Trinajstić information content (AvgIpc) is 3.04. The number of unbranched alkanes of at least 4 members (excludes halogenated alkanes) is 9. The first kappa shape index (κ1) is 30.6. The van der Waals surface area contributed by atoms with Crippen molar-refractivity contribution in [2.75, 3.05) is 6.61 Å². The first-order chi connectivity index (χ1) is 20.6. The van der Waals surface area contributed by atoms with Gasteiger partial charge < -0.3 is 4.74 Å². The fourth-order valence-corrected chi connectivity index (χ4v) is 5.09. The molecular formula is C36H41N2O4+. The second-order valence-corrected chi connectivity index (χ2v) is 10.7.